The van der Waals surface area contributed by atoms with Crippen molar-refractivity contribution in [1.29, 1.82) is 0 Å². The molecular formula is C8H11BrO4. The van der Waals surface area contributed by atoms with Gasteiger partial charge in [-0.3, -0.25) is 4.79 Å². The molecule has 0 aliphatic carbocycles. The van der Waals surface area contributed by atoms with Gasteiger partial charge in [0.25, 0.3) is 0 Å². The second kappa shape index (κ2) is 5.75. The van der Waals surface area contributed by atoms with Crippen LogP contribution in [0.1, 0.15) is 13.8 Å². The highest BCUT2D eigenvalue weighted by Crippen LogP contribution is 2.00. The van der Waals surface area contributed by atoms with Crippen LogP contribution in [0.4, 0.5) is 0 Å². The predicted octanol–water partition coefficient (Wildman–Crippen LogP) is 1.39. The molecule has 1 atom stereocenters. The lowest BCUT2D eigenvalue weighted by atomic mass is 10.4. The van der Waals surface area contributed by atoms with E-state index in [1.807, 2.05) is 0 Å². The van der Waals surface area contributed by atoms with Crippen molar-refractivity contribution in [2.75, 3.05) is 5.33 Å². The Morgan fingerprint density at radius 2 is 2.00 bits per heavy atom. The van der Waals surface area contributed by atoms with Gasteiger partial charge in [0, 0.05) is 12.5 Å². The number of hydrogen-bond donors (Lipinski definition) is 0. The molecule has 0 N–H and O–H groups in total. The van der Waals surface area contributed by atoms with Gasteiger partial charge in [-0.25, -0.2) is 4.79 Å². The number of hydrogen-bond acceptors (Lipinski definition) is 4. The van der Waals surface area contributed by atoms with Gasteiger partial charge < -0.3 is 9.47 Å². The summed E-state index contributed by atoms with van der Waals surface area (Å²) in [5.74, 6) is -1.06. The molecule has 1 unspecified atom stereocenters. The van der Waals surface area contributed by atoms with Gasteiger partial charge in [-0.05, 0) is 6.92 Å². The third-order valence-electron chi connectivity index (χ3n) is 1.03. The molecule has 0 spiro atoms. The quantitative estimate of drug-likeness (QED) is 0.328. The van der Waals surface area contributed by atoms with E-state index in [1.54, 1.807) is 0 Å². The molecule has 0 aromatic rings. The molecule has 0 amide bonds. The van der Waals surface area contributed by atoms with E-state index in [9.17, 15) is 9.59 Å². The van der Waals surface area contributed by atoms with E-state index in [2.05, 4.69) is 32.0 Å². The molecule has 0 saturated carbocycles. The third kappa shape index (κ3) is 5.41. The minimum absolute atomic E-state index is 0.0714. The van der Waals surface area contributed by atoms with Crippen molar-refractivity contribution in [2.24, 2.45) is 0 Å². The van der Waals surface area contributed by atoms with E-state index < -0.39 is 18.2 Å². The van der Waals surface area contributed by atoms with Crippen LogP contribution >= 0.6 is 15.9 Å². The first-order chi connectivity index (χ1) is 5.97. The zero-order chi connectivity index (χ0) is 10.4. The fourth-order valence-electron chi connectivity index (χ4n) is 0.492. The van der Waals surface area contributed by atoms with Gasteiger partial charge in [-0.15, -0.1) is 0 Å². The maximum Gasteiger partial charge on any atom is 0.336 e. The Balaban J connectivity index is 3.87. The van der Waals surface area contributed by atoms with E-state index in [4.69, 9.17) is 0 Å². The fourth-order valence-corrected chi connectivity index (χ4v) is 0.624. The minimum atomic E-state index is -0.880. The molecule has 0 heterocycles. The number of halogens is 1. The molecular weight excluding hydrogens is 240 g/mol. The molecule has 4 nitrogen and oxygen atoms in total. The van der Waals surface area contributed by atoms with Crippen molar-refractivity contribution >= 4 is 27.9 Å². The third-order valence-corrected chi connectivity index (χ3v) is 1.49. The lowest BCUT2D eigenvalue weighted by Gasteiger charge is -2.12. The number of carbonyl (C=O) groups excluding carboxylic acids is 2. The van der Waals surface area contributed by atoms with E-state index >= 15 is 0 Å². The van der Waals surface area contributed by atoms with Gasteiger partial charge in [0.2, 0.25) is 6.29 Å². The van der Waals surface area contributed by atoms with Crippen molar-refractivity contribution in [3.05, 3.63) is 12.2 Å². The lowest BCUT2D eigenvalue weighted by molar-refractivity contribution is -0.179. The molecule has 0 bridgehead atoms. The van der Waals surface area contributed by atoms with Crippen molar-refractivity contribution in [1.82, 2.24) is 0 Å². The first-order valence-corrected chi connectivity index (χ1v) is 4.71. The fraction of sp³-hybridized carbons (Fsp3) is 0.500. The maximum atomic E-state index is 10.9. The highest BCUT2D eigenvalue weighted by Gasteiger charge is 2.13. The van der Waals surface area contributed by atoms with Crippen LogP contribution < -0.4 is 0 Å². The van der Waals surface area contributed by atoms with Gasteiger partial charge in [0.15, 0.2) is 0 Å². The molecule has 0 saturated heterocycles. The van der Waals surface area contributed by atoms with E-state index in [0.29, 0.717) is 0 Å². The van der Waals surface area contributed by atoms with Crippen LogP contribution in [-0.4, -0.2) is 23.6 Å². The molecule has 0 radical (unpaired) electrons. The zero-order valence-corrected chi connectivity index (χ0v) is 9.09. The number of carbonyl (C=O) groups is 2. The van der Waals surface area contributed by atoms with Gasteiger partial charge in [-0.2, -0.15) is 0 Å². The topological polar surface area (TPSA) is 52.6 Å². The molecule has 5 heteroatoms. The Morgan fingerprint density at radius 1 is 1.46 bits per heavy atom. The van der Waals surface area contributed by atoms with Gasteiger partial charge in [0.1, 0.15) is 5.33 Å². The van der Waals surface area contributed by atoms with Gasteiger partial charge >= 0.3 is 11.9 Å². The SMILES string of the molecule is C=C(C)C(=O)OC(C)OC(=O)CBr. The average Bonchev–Trinajstić information content (AvgIpc) is 2.03. The Hall–Kier alpha value is -0.840. The van der Waals surface area contributed by atoms with E-state index in [-0.39, 0.29) is 10.9 Å². The number of rotatable bonds is 4. The molecule has 74 valence electrons. The summed E-state index contributed by atoms with van der Waals surface area (Å²) >= 11 is 2.91. The molecule has 0 aliphatic heterocycles. The molecule has 0 aromatic heterocycles. The largest absolute Gasteiger partial charge is 0.425 e. The number of esters is 2. The van der Waals surface area contributed by atoms with Crippen molar-refractivity contribution in [3.63, 3.8) is 0 Å². The summed E-state index contributed by atoms with van der Waals surface area (Å²) < 4.78 is 9.33. The Bertz CT molecular complexity index is 224. The van der Waals surface area contributed by atoms with Crippen LogP contribution in [0.15, 0.2) is 12.2 Å². The van der Waals surface area contributed by atoms with Crippen LogP contribution in [0.2, 0.25) is 0 Å². The molecule has 0 rings (SSSR count). The highest BCUT2D eigenvalue weighted by atomic mass is 79.9. The monoisotopic (exact) mass is 250 g/mol. The summed E-state index contributed by atoms with van der Waals surface area (Å²) in [7, 11) is 0. The smallest absolute Gasteiger partial charge is 0.336 e. The van der Waals surface area contributed by atoms with E-state index in [1.165, 1.54) is 13.8 Å². The van der Waals surface area contributed by atoms with Crippen LogP contribution in [0, 0.1) is 0 Å². The Kier molecular flexibility index (Phi) is 5.37. The summed E-state index contributed by atoms with van der Waals surface area (Å²) in [6.07, 6.45) is -0.880. The first kappa shape index (κ1) is 12.2. The molecule has 13 heavy (non-hydrogen) atoms. The van der Waals surface area contributed by atoms with Gasteiger partial charge in [0.05, 0.1) is 0 Å². The van der Waals surface area contributed by atoms with Crippen molar-refractivity contribution in [3.8, 4) is 0 Å². The summed E-state index contributed by atoms with van der Waals surface area (Å²) in [4.78, 5) is 21.6. The van der Waals surface area contributed by atoms with Gasteiger partial charge in [-0.1, -0.05) is 22.5 Å². The van der Waals surface area contributed by atoms with Crippen molar-refractivity contribution < 1.29 is 19.1 Å². The second-order valence-electron chi connectivity index (χ2n) is 2.38. The molecule has 0 aromatic carbocycles. The van der Waals surface area contributed by atoms with Crippen molar-refractivity contribution in [2.45, 2.75) is 20.1 Å². The normalized spacial score (nSPS) is 11.6. The summed E-state index contributed by atoms with van der Waals surface area (Å²) in [6.45, 7) is 6.36. The zero-order valence-electron chi connectivity index (χ0n) is 7.50. The highest BCUT2D eigenvalue weighted by molar-refractivity contribution is 9.09. The van der Waals surface area contributed by atoms with Crippen LogP contribution in [-0.2, 0) is 19.1 Å². The molecule has 0 aliphatic rings. The summed E-state index contributed by atoms with van der Waals surface area (Å²) in [6, 6.07) is 0. The maximum absolute atomic E-state index is 10.9. The summed E-state index contributed by atoms with van der Waals surface area (Å²) in [5.41, 5.74) is 0.266. The van der Waals surface area contributed by atoms with Crippen LogP contribution in [0.25, 0.3) is 0 Å². The summed E-state index contributed by atoms with van der Waals surface area (Å²) in [5, 5.41) is 0.0714. The Labute approximate surface area is 85.0 Å². The van der Waals surface area contributed by atoms with Crippen LogP contribution in [0.3, 0.4) is 0 Å². The second-order valence-corrected chi connectivity index (χ2v) is 2.94. The Morgan fingerprint density at radius 3 is 2.38 bits per heavy atom. The standard InChI is InChI=1S/C8H11BrO4/c1-5(2)8(11)13-6(3)12-7(10)4-9/h6H,1,4H2,2-3H3. The average molecular weight is 251 g/mol. The predicted molar refractivity (Wildman–Crippen MR) is 50.3 cm³/mol. The lowest BCUT2D eigenvalue weighted by Crippen LogP contribution is -2.22. The minimum Gasteiger partial charge on any atom is -0.425 e. The number of ether oxygens (including phenoxy) is 2. The van der Waals surface area contributed by atoms with Crippen LogP contribution in [0.5, 0.6) is 0 Å². The first-order valence-electron chi connectivity index (χ1n) is 3.59. The number of alkyl halides is 1. The van der Waals surface area contributed by atoms with E-state index in [0.717, 1.165) is 0 Å². The molecule has 0 fully saturated rings.